The van der Waals surface area contributed by atoms with Crippen molar-refractivity contribution >= 4 is 28.9 Å². The van der Waals surface area contributed by atoms with Gasteiger partial charge in [0, 0.05) is 12.1 Å². The average molecular weight is 342 g/mol. The van der Waals surface area contributed by atoms with Crippen LogP contribution in [0.5, 0.6) is 11.5 Å². The number of hydrogen-bond donors (Lipinski definition) is 0. The lowest BCUT2D eigenvalue weighted by atomic mass is 10.1. The zero-order chi connectivity index (χ0) is 16.9. The molecule has 0 spiro atoms. The molecule has 22 heavy (non-hydrogen) atoms. The van der Waals surface area contributed by atoms with Gasteiger partial charge in [-0.05, 0) is 37.1 Å². The highest BCUT2D eigenvalue weighted by Gasteiger charge is 2.13. The molecular weight excluding hydrogens is 325 g/mol. The third-order valence-corrected chi connectivity index (χ3v) is 3.29. The number of nitro groups is 1. The molecular formula is C16H17Cl2NO3. The van der Waals surface area contributed by atoms with Crippen molar-refractivity contribution in [1.82, 2.24) is 0 Å². The minimum atomic E-state index is -0.514. The van der Waals surface area contributed by atoms with Crippen molar-refractivity contribution in [3.63, 3.8) is 0 Å². The number of ether oxygens (including phenoxy) is 1. The summed E-state index contributed by atoms with van der Waals surface area (Å²) in [5, 5.41) is 11.3. The van der Waals surface area contributed by atoms with E-state index in [9.17, 15) is 10.1 Å². The van der Waals surface area contributed by atoms with E-state index in [1.54, 1.807) is 6.07 Å². The maximum atomic E-state index is 10.7. The average Bonchev–Trinajstić information content (AvgIpc) is 2.46. The number of hydrogen-bond acceptors (Lipinski definition) is 3. The fourth-order valence-corrected chi connectivity index (χ4v) is 2.40. The lowest BCUT2D eigenvalue weighted by Crippen LogP contribution is -1.92. The summed E-state index contributed by atoms with van der Waals surface area (Å²) in [6.45, 7) is 7.80. The van der Waals surface area contributed by atoms with Crippen molar-refractivity contribution in [1.29, 1.82) is 0 Å². The van der Waals surface area contributed by atoms with Crippen LogP contribution in [-0.2, 0) is 0 Å². The van der Waals surface area contributed by atoms with Gasteiger partial charge in [0.2, 0.25) is 0 Å². The van der Waals surface area contributed by atoms with Crippen molar-refractivity contribution in [3.8, 4) is 11.5 Å². The highest BCUT2D eigenvalue weighted by molar-refractivity contribution is 6.33. The molecule has 118 valence electrons. The van der Waals surface area contributed by atoms with Gasteiger partial charge in [-0.15, -0.1) is 0 Å². The number of benzene rings is 2. The second kappa shape index (κ2) is 8.01. The van der Waals surface area contributed by atoms with Crippen LogP contribution in [0.25, 0.3) is 0 Å². The van der Waals surface area contributed by atoms with Crippen molar-refractivity contribution in [2.75, 3.05) is 0 Å². The van der Waals surface area contributed by atoms with Gasteiger partial charge in [0.05, 0.1) is 15.0 Å². The Kier molecular flexibility index (Phi) is 6.65. The summed E-state index contributed by atoms with van der Waals surface area (Å²) in [5.74, 6) is 0.819. The van der Waals surface area contributed by atoms with Crippen LogP contribution in [0.4, 0.5) is 5.69 Å². The predicted octanol–water partition coefficient (Wildman–Crippen LogP) is 6.34. The molecule has 0 unspecified atom stereocenters. The lowest BCUT2D eigenvalue weighted by Gasteiger charge is -2.12. The number of nitro benzene ring substituents is 1. The van der Waals surface area contributed by atoms with E-state index < -0.39 is 4.92 Å². The van der Waals surface area contributed by atoms with Gasteiger partial charge in [0.15, 0.2) is 0 Å². The van der Waals surface area contributed by atoms with E-state index >= 15 is 0 Å². The van der Waals surface area contributed by atoms with E-state index in [4.69, 9.17) is 27.9 Å². The topological polar surface area (TPSA) is 52.4 Å². The summed E-state index contributed by atoms with van der Waals surface area (Å²) in [7, 11) is 0. The molecule has 6 heteroatoms. The number of aryl methyl sites for hydroxylation is 2. The molecule has 0 heterocycles. The zero-order valence-electron chi connectivity index (χ0n) is 12.8. The van der Waals surface area contributed by atoms with Crippen LogP contribution in [0, 0.1) is 24.0 Å². The predicted molar refractivity (Wildman–Crippen MR) is 90.5 cm³/mol. The van der Waals surface area contributed by atoms with Crippen molar-refractivity contribution in [3.05, 3.63) is 61.6 Å². The minimum Gasteiger partial charge on any atom is -0.454 e. The lowest BCUT2D eigenvalue weighted by molar-refractivity contribution is -0.384. The first-order valence-electron chi connectivity index (χ1n) is 6.77. The zero-order valence-corrected chi connectivity index (χ0v) is 14.3. The third-order valence-electron chi connectivity index (χ3n) is 2.71. The Bertz CT molecular complexity index is 664. The summed E-state index contributed by atoms with van der Waals surface area (Å²) in [5.41, 5.74) is 1.80. The van der Waals surface area contributed by atoms with E-state index in [-0.39, 0.29) is 10.7 Å². The van der Waals surface area contributed by atoms with Crippen LogP contribution in [0.3, 0.4) is 0 Å². The smallest absolute Gasteiger partial charge is 0.271 e. The molecule has 2 aromatic rings. The Morgan fingerprint density at radius 3 is 2.18 bits per heavy atom. The normalized spacial score (nSPS) is 9.73. The molecule has 4 nitrogen and oxygen atoms in total. The summed E-state index contributed by atoms with van der Waals surface area (Å²) < 4.78 is 5.67. The highest BCUT2D eigenvalue weighted by atomic mass is 35.5. The molecule has 0 aliphatic heterocycles. The van der Waals surface area contributed by atoms with Crippen molar-refractivity contribution in [2.45, 2.75) is 27.7 Å². The molecule has 2 rings (SSSR count). The third kappa shape index (κ3) is 4.36. The van der Waals surface area contributed by atoms with E-state index in [0.29, 0.717) is 16.5 Å². The molecule has 0 atom stereocenters. The molecule has 0 bridgehead atoms. The SMILES string of the molecule is CC.Cc1cc(C)c(Oc2ccc([N+](=O)[O-])cc2Cl)c(Cl)c1. The Morgan fingerprint density at radius 2 is 1.68 bits per heavy atom. The summed E-state index contributed by atoms with van der Waals surface area (Å²) in [4.78, 5) is 10.1. The van der Waals surface area contributed by atoms with Gasteiger partial charge in [0.25, 0.3) is 5.69 Å². The number of halogens is 2. The van der Waals surface area contributed by atoms with E-state index in [0.717, 1.165) is 11.1 Å². The largest absolute Gasteiger partial charge is 0.454 e. The molecule has 0 amide bonds. The Hall–Kier alpha value is -1.78. The van der Waals surface area contributed by atoms with Crippen LogP contribution in [0.2, 0.25) is 10.0 Å². The second-order valence-electron chi connectivity index (χ2n) is 4.37. The molecule has 0 saturated carbocycles. The number of rotatable bonds is 3. The van der Waals surface area contributed by atoms with Gasteiger partial charge in [-0.2, -0.15) is 0 Å². The summed E-state index contributed by atoms with van der Waals surface area (Å²) >= 11 is 12.1. The first kappa shape index (κ1) is 18.3. The molecule has 2 aromatic carbocycles. The van der Waals surface area contributed by atoms with Crippen LogP contribution in [0.1, 0.15) is 25.0 Å². The fourth-order valence-electron chi connectivity index (χ4n) is 1.83. The highest BCUT2D eigenvalue weighted by Crippen LogP contribution is 2.37. The Morgan fingerprint density at radius 1 is 1.05 bits per heavy atom. The van der Waals surface area contributed by atoms with Gasteiger partial charge < -0.3 is 4.74 Å². The molecule has 0 N–H and O–H groups in total. The molecule has 0 aromatic heterocycles. The van der Waals surface area contributed by atoms with Crippen LogP contribution in [0.15, 0.2) is 30.3 Å². The summed E-state index contributed by atoms with van der Waals surface area (Å²) in [6.07, 6.45) is 0. The van der Waals surface area contributed by atoms with Crippen LogP contribution < -0.4 is 4.74 Å². The fraction of sp³-hybridized carbons (Fsp3) is 0.250. The van der Waals surface area contributed by atoms with Crippen LogP contribution >= 0.6 is 23.2 Å². The second-order valence-corrected chi connectivity index (χ2v) is 5.18. The maximum absolute atomic E-state index is 10.7. The number of non-ortho nitro benzene ring substituents is 1. The first-order chi connectivity index (χ1) is 10.4. The molecule has 0 saturated heterocycles. The molecule has 0 aliphatic carbocycles. The van der Waals surface area contributed by atoms with Gasteiger partial charge in [-0.25, -0.2) is 0 Å². The van der Waals surface area contributed by atoms with Gasteiger partial charge in [-0.1, -0.05) is 43.1 Å². The molecule has 0 fully saturated rings. The minimum absolute atomic E-state index is 0.0888. The standard InChI is InChI=1S/C14H11Cl2NO3.C2H6/c1-8-5-9(2)14(12(16)6-8)20-13-4-3-10(17(18)19)7-11(13)15;1-2/h3-7H,1-2H3;1-2H3. The van der Waals surface area contributed by atoms with E-state index in [2.05, 4.69) is 0 Å². The van der Waals surface area contributed by atoms with E-state index in [1.807, 2.05) is 33.8 Å². The monoisotopic (exact) mass is 341 g/mol. The summed E-state index contributed by atoms with van der Waals surface area (Å²) in [6, 6.07) is 7.74. The quantitative estimate of drug-likeness (QED) is 0.483. The van der Waals surface area contributed by atoms with E-state index in [1.165, 1.54) is 18.2 Å². The first-order valence-corrected chi connectivity index (χ1v) is 7.52. The molecule has 0 aliphatic rings. The van der Waals surface area contributed by atoms with Crippen molar-refractivity contribution in [2.24, 2.45) is 0 Å². The number of nitrogens with zero attached hydrogens (tertiary/aromatic N) is 1. The van der Waals surface area contributed by atoms with Gasteiger partial charge >= 0.3 is 0 Å². The Balaban J connectivity index is 0.00000116. The van der Waals surface area contributed by atoms with Crippen molar-refractivity contribution < 1.29 is 9.66 Å². The molecule has 0 radical (unpaired) electrons. The van der Waals surface area contributed by atoms with Crippen LogP contribution in [-0.4, -0.2) is 4.92 Å². The maximum Gasteiger partial charge on any atom is 0.271 e. The van der Waals surface area contributed by atoms with Gasteiger partial charge in [-0.3, -0.25) is 10.1 Å². The van der Waals surface area contributed by atoms with Gasteiger partial charge in [0.1, 0.15) is 11.5 Å². The Labute approximate surface area is 139 Å².